The average Bonchev–Trinajstić information content (AvgIpc) is 3.38. The van der Waals surface area contributed by atoms with Crippen LogP contribution in [-0.4, -0.2) is 88.5 Å². The van der Waals surface area contributed by atoms with E-state index in [1.54, 1.807) is 85.3 Å². The monoisotopic (exact) mass is 922 g/mol. The number of aryl methyl sites for hydroxylation is 2. The fourth-order valence-corrected chi connectivity index (χ4v) is 8.26. The summed E-state index contributed by atoms with van der Waals surface area (Å²) in [5.41, 5.74) is 3.13. The van der Waals surface area contributed by atoms with Crippen LogP contribution in [0.4, 0.5) is 0 Å². The number of ether oxygens (including phenoxy) is 5. The van der Waals surface area contributed by atoms with Gasteiger partial charge in [0, 0.05) is 81.7 Å². The Labute approximate surface area is 392 Å². The molecule has 352 valence electrons. The third kappa shape index (κ3) is 11.1. The Morgan fingerprint density at radius 2 is 1.25 bits per heavy atom. The fraction of sp³-hybridized carbons (Fsp3) is 0.333. The molecule has 68 heavy (non-hydrogen) atoms. The maximum Gasteiger partial charge on any atom is 0.263 e. The Kier molecular flexibility index (Phi) is 15.3. The quantitative estimate of drug-likeness (QED) is 0.103. The lowest BCUT2D eigenvalue weighted by atomic mass is 9.99. The summed E-state index contributed by atoms with van der Waals surface area (Å²) >= 11 is 0. The molecule has 3 aromatic carbocycles. The summed E-state index contributed by atoms with van der Waals surface area (Å²) in [7, 11) is 4.71. The Hall–Kier alpha value is -7.66. The Bertz CT molecular complexity index is 3030. The second-order valence-electron chi connectivity index (χ2n) is 16.3. The van der Waals surface area contributed by atoms with Gasteiger partial charge in [-0.05, 0) is 91.4 Å². The molecule has 0 unspecified atom stereocenters. The number of pyridine rings is 2. The largest absolute Gasteiger partial charge is 0.493 e. The van der Waals surface area contributed by atoms with E-state index in [9.17, 15) is 19.2 Å². The van der Waals surface area contributed by atoms with Gasteiger partial charge in [-0.25, -0.2) is 19.9 Å². The summed E-state index contributed by atoms with van der Waals surface area (Å²) in [4.78, 5) is 72.4. The summed E-state index contributed by atoms with van der Waals surface area (Å²) in [5, 5.41) is 6.69. The number of nitrogens with one attached hydrogen (secondary N) is 2. The number of hydrogen-bond acceptors (Lipinski definition) is 13. The molecule has 0 radical (unpaired) electrons. The highest BCUT2D eigenvalue weighted by Crippen LogP contribution is 2.30. The topological polar surface area (TPSA) is 200 Å². The highest BCUT2D eigenvalue weighted by Gasteiger charge is 2.22. The van der Waals surface area contributed by atoms with Gasteiger partial charge in [0.05, 0.1) is 32.1 Å². The lowest BCUT2D eigenvalue weighted by molar-refractivity contribution is -0.127. The van der Waals surface area contributed by atoms with Crippen LogP contribution in [0.15, 0.2) is 107 Å². The second-order valence-corrected chi connectivity index (χ2v) is 16.3. The number of aromatic nitrogens is 6. The second kappa shape index (κ2) is 22.2. The Morgan fingerprint density at radius 3 is 1.91 bits per heavy atom. The number of hydrogen-bond donors (Lipinski definition) is 2. The highest BCUT2D eigenvalue weighted by atomic mass is 16.5. The minimum atomic E-state index is -0.274. The molecule has 2 N–H and O–H groups in total. The number of benzene rings is 3. The van der Waals surface area contributed by atoms with Gasteiger partial charge in [0.25, 0.3) is 17.0 Å². The van der Waals surface area contributed by atoms with Crippen molar-refractivity contribution < 1.29 is 33.3 Å². The molecule has 0 aliphatic carbocycles. The molecule has 4 aromatic heterocycles. The molecular formula is C51H54N8O9. The van der Waals surface area contributed by atoms with Crippen molar-refractivity contribution in [3.63, 3.8) is 0 Å². The van der Waals surface area contributed by atoms with Gasteiger partial charge in [-0.3, -0.25) is 28.3 Å². The normalized spacial score (nSPS) is 12.8. The van der Waals surface area contributed by atoms with E-state index >= 15 is 0 Å². The van der Waals surface area contributed by atoms with Crippen LogP contribution in [0, 0.1) is 5.92 Å². The van der Waals surface area contributed by atoms with E-state index < -0.39 is 0 Å². The van der Waals surface area contributed by atoms with Crippen molar-refractivity contribution in [3.05, 3.63) is 152 Å². The van der Waals surface area contributed by atoms with E-state index in [0.29, 0.717) is 127 Å². The van der Waals surface area contributed by atoms with Crippen LogP contribution in [0.3, 0.4) is 0 Å². The SMILES string of the molecule is COc1ccc(CCn2c(CCNC(=O)c3ccccc3)nc3ncc(COc4cc(CCn5c(CCNC(=O)C6CCOCC6)nc6ncccc6c5=O)ccc4OC)cc3c2=O)cc1OC. The van der Waals surface area contributed by atoms with E-state index in [1.807, 2.05) is 42.5 Å². The maximum atomic E-state index is 14.4. The third-order valence-electron chi connectivity index (χ3n) is 12.0. The molecule has 5 heterocycles. The van der Waals surface area contributed by atoms with Gasteiger partial charge in [0.15, 0.2) is 34.3 Å². The number of nitrogens with zero attached hydrogens (tertiary/aromatic N) is 6. The molecule has 1 fully saturated rings. The van der Waals surface area contributed by atoms with Gasteiger partial charge >= 0.3 is 0 Å². The van der Waals surface area contributed by atoms with Crippen molar-refractivity contribution in [2.24, 2.45) is 5.92 Å². The van der Waals surface area contributed by atoms with Crippen molar-refractivity contribution in [2.45, 2.75) is 58.2 Å². The van der Waals surface area contributed by atoms with Gasteiger partial charge in [-0.2, -0.15) is 0 Å². The molecule has 0 bridgehead atoms. The zero-order valence-corrected chi connectivity index (χ0v) is 38.4. The standard InChI is InChI=1S/C51H54N8O9/c1-64-40-13-11-33(29-42(40)66-3)17-25-59-45(16-22-53-48(60)36-8-5-4-6-9-36)57-47-39(51(59)63)28-35(31-55-47)32-68-43-30-34(12-14-41(43)65-2)18-24-58-44(56-46-38(50(58)62)10-7-21-52-46)15-23-54-49(61)37-19-26-67-27-20-37/h4-14,21,28-31,37H,15-20,22-27,32H2,1-3H3,(H,53,60)(H,54,61). The summed E-state index contributed by atoms with van der Waals surface area (Å²) in [5.74, 6) is 2.83. The molecular weight excluding hydrogens is 869 g/mol. The molecule has 8 rings (SSSR count). The van der Waals surface area contributed by atoms with Gasteiger partial charge in [-0.1, -0.05) is 30.3 Å². The minimum absolute atomic E-state index is 0.0187. The van der Waals surface area contributed by atoms with E-state index in [1.165, 1.54) is 0 Å². The van der Waals surface area contributed by atoms with Crippen molar-refractivity contribution in [3.8, 4) is 23.0 Å². The molecule has 0 spiro atoms. The first-order valence-electron chi connectivity index (χ1n) is 22.6. The van der Waals surface area contributed by atoms with Gasteiger partial charge < -0.3 is 34.3 Å². The molecule has 7 aromatic rings. The van der Waals surface area contributed by atoms with Crippen molar-refractivity contribution >= 4 is 33.9 Å². The number of rotatable bonds is 20. The van der Waals surface area contributed by atoms with E-state index in [0.717, 1.165) is 11.1 Å². The van der Waals surface area contributed by atoms with Crippen LogP contribution in [0.2, 0.25) is 0 Å². The molecule has 0 atom stereocenters. The Morgan fingerprint density at radius 1 is 0.647 bits per heavy atom. The van der Waals surface area contributed by atoms with Gasteiger partial charge in [0.2, 0.25) is 5.91 Å². The van der Waals surface area contributed by atoms with Crippen LogP contribution in [0.1, 0.15) is 51.5 Å². The number of carbonyl (C=O) groups excluding carboxylic acids is 2. The summed E-state index contributed by atoms with van der Waals surface area (Å²) < 4.78 is 31.6. The lowest BCUT2D eigenvalue weighted by Crippen LogP contribution is -2.36. The van der Waals surface area contributed by atoms with Crippen molar-refractivity contribution in [1.82, 2.24) is 39.7 Å². The number of amides is 2. The predicted octanol–water partition coefficient (Wildman–Crippen LogP) is 5.04. The van der Waals surface area contributed by atoms with E-state index in [-0.39, 0.29) is 54.1 Å². The molecule has 1 aliphatic rings. The smallest absolute Gasteiger partial charge is 0.263 e. The van der Waals surface area contributed by atoms with Crippen LogP contribution in [0.5, 0.6) is 23.0 Å². The van der Waals surface area contributed by atoms with Crippen LogP contribution in [-0.2, 0) is 54.9 Å². The summed E-state index contributed by atoms with van der Waals surface area (Å²) in [6.07, 6.45) is 6.19. The van der Waals surface area contributed by atoms with Crippen LogP contribution in [0.25, 0.3) is 22.1 Å². The van der Waals surface area contributed by atoms with Crippen molar-refractivity contribution in [1.29, 1.82) is 0 Å². The molecule has 1 aliphatic heterocycles. The zero-order chi connectivity index (χ0) is 47.4. The average molecular weight is 923 g/mol. The van der Waals surface area contributed by atoms with Crippen LogP contribution < -0.4 is 40.7 Å². The fourth-order valence-electron chi connectivity index (χ4n) is 8.26. The summed E-state index contributed by atoms with van der Waals surface area (Å²) in [6.45, 7) is 2.39. The first-order chi connectivity index (χ1) is 33.2. The van der Waals surface area contributed by atoms with E-state index in [4.69, 9.17) is 33.7 Å². The number of carbonyl (C=O) groups is 2. The van der Waals surface area contributed by atoms with Gasteiger partial charge in [0.1, 0.15) is 18.3 Å². The number of methoxy groups -OCH3 is 3. The molecule has 1 saturated heterocycles. The van der Waals surface area contributed by atoms with Crippen molar-refractivity contribution in [2.75, 3.05) is 47.6 Å². The first-order valence-corrected chi connectivity index (χ1v) is 22.6. The molecule has 2 amide bonds. The molecule has 17 heteroatoms. The maximum absolute atomic E-state index is 14.4. The molecule has 0 saturated carbocycles. The molecule has 17 nitrogen and oxygen atoms in total. The predicted molar refractivity (Wildman–Crippen MR) is 255 cm³/mol. The minimum Gasteiger partial charge on any atom is -0.493 e. The summed E-state index contributed by atoms with van der Waals surface area (Å²) in [6, 6.07) is 25.3. The third-order valence-corrected chi connectivity index (χ3v) is 12.0. The van der Waals surface area contributed by atoms with Crippen LogP contribution >= 0.6 is 0 Å². The Balaban J connectivity index is 0.993. The number of fused-ring (bicyclic) bond motifs is 2. The zero-order valence-electron chi connectivity index (χ0n) is 38.4. The van der Waals surface area contributed by atoms with E-state index in [2.05, 4.69) is 20.6 Å². The first kappa shape index (κ1) is 46.9. The van der Waals surface area contributed by atoms with Gasteiger partial charge in [-0.15, -0.1) is 0 Å². The highest BCUT2D eigenvalue weighted by molar-refractivity contribution is 5.94. The lowest BCUT2D eigenvalue weighted by Gasteiger charge is -2.21.